The van der Waals surface area contributed by atoms with E-state index in [0.717, 1.165) is 11.1 Å². The van der Waals surface area contributed by atoms with Gasteiger partial charge in [0, 0.05) is 10.6 Å². The predicted molar refractivity (Wildman–Crippen MR) is 84.0 cm³/mol. The number of aromatic nitrogens is 3. The Labute approximate surface area is 128 Å². The van der Waals surface area contributed by atoms with Crippen LogP contribution in [0.25, 0.3) is 11.4 Å². The van der Waals surface area contributed by atoms with Crippen molar-refractivity contribution in [3.8, 4) is 11.4 Å². The van der Waals surface area contributed by atoms with E-state index in [1.165, 1.54) is 5.56 Å². The van der Waals surface area contributed by atoms with E-state index in [-0.39, 0.29) is 6.04 Å². The first-order valence-corrected chi connectivity index (χ1v) is 7.01. The molecule has 2 aromatic carbocycles. The fraction of sp³-hybridized carbons (Fsp3) is 0.125. The zero-order valence-electron chi connectivity index (χ0n) is 11.5. The molecule has 4 nitrogen and oxygen atoms in total. The van der Waals surface area contributed by atoms with Crippen LogP contribution in [0.4, 0.5) is 0 Å². The van der Waals surface area contributed by atoms with Crippen molar-refractivity contribution in [1.29, 1.82) is 0 Å². The van der Waals surface area contributed by atoms with Gasteiger partial charge >= 0.3 is 0 Å². The number of hydrogen-bond donors (Lipinski definition) is 2. The van der Waals surface area contributed by atoms with Crippen LogP contribution in [-0.2, 0) is 0 Å². The van der Waals surface area contributed by atoms with Gasteiger partial charge in [-0.3, -0.25) is 5.10 Å². The molecule has 0 aliphatic rings. The Balaban J connectivity index is 1.87. The SMILES string of the molecule is Cc1ccc(C(N)c2nc(-c3ccc(Cl)cc3)n[nH]2)cc1. The second-order valence-electron chi connectivity index (χ2n) is 4.94. The third-order valence-corrected chi connectivity index (χ3v) is 3.59. The molecule has 0 aliphatic heterocycles. The zero-order valence-corrected chi connectivity index (χ0v) is 12.3. The minimum atomic E-state index is -0.320. The van der Waals surface area contributed by atoms with Gasteiger partial charge in [-0.25, -0.2) is 4.98 Å². The Morgan fingerprint density at radius 3 is 2.38 bits per heavy atom. The van der Waals surface area contributed by atoms with E-state index < -0.39 is 0 Å². The van der Waals surface area contributed by atoms with E-state index in [4.69, 9.17) is 17.3 Å². The predicted octanol–water partition coefficient (Wildman–Crippen LogP) is 3.48. The first kappa shape index (κ1) is 13.8. The molecule has 1 heterocycles. The highest BCUT2D eigenvalue weighted by Crippen LogP contribution is 2.21. The molecule has 0 amide bonds. The molecule has 1 aromatic heterocycles. The fourth-order valence-electron chi connectivity index (χ4n) is 2.07. The highest BCUT2D eigenvalue weighted by molar-refractivity contribution is 6.30. The standard InChI is InChI=1S/C16H15ClN4/c1-10-2-4-11(5-3-10)14(18)16-19-15(20-21-16)12-6-8-13(17)9-7-12/h2-9,14H,18H2,1H3,(H,19,20,21). The summed E-state index contributed by atoms with van der Waals surface area (Å²) in [5.74, 6) is 1.26. The summed E-state index contributed by atoms with van der Waals surface area (Å²) in [4.78, 5) is 4.47. The molecule has 0 spiro atoms. The van der Waals surface area contributed by atoms with Crippen molar-refractivity contribution < 1.29 is 0 Å². The van der Waals surface area contributed by atoms with E-state index in [0.29, 0.717) is 16.7 Å². The number of halogens is 1. The average Bonchev–Trinajstić information content (AvgIpc) is 2.98. The van der Waals surface area contributed by atoms with Crippen molar-refractivity contribution in [3.05, 3.63) is 70.5 Å². The van der Waals surface area contributed by atoms with Crippen molar-refractivity contribution in [2.24, 2.45) is 5.73 Å². The Morgan fingerprint density at radius 2 is 1.71 bits per heavy atom. The Kier molecular flexibility index (Phi) is 3.73. The number of aryl methyl sites for hydroxylation is 1. The van der Waals surface area contributed by atoms with Gasteiger partial charge in [0.2, 0.25) is 0 Å². The summed E-state index contributed by atoms with van der Waals surface area (Å²) < 4.78 is 0. The van der Waals surface area contributed by atoms with Crippen LogP contribution < -0.4 is 5.73 Å². The zero-order chi connectivity index (χ0) is 14.8. The molecule has 1 atom stereocenters. The van der Waals surface area contributed by atoms with Crippen molar-refractivity contribution in [3.63, 3.8) is 0 Å². The highest BCUT2D eigenvalue weighted by Gasteiger charge is 2.14. The van der Waals surface area contributed by atoms with Gasteiger partial charge < -0.3 is 5.73 Å². The molecule has 3 N–H and O–H groups in total. The molecule has 0 bridgehead atoms. The van der Waals surface area contributed by atoms with Gasteiger partial charge in [-0.2, -0.15) is 5.10 Å². The summed E-state index contributed by atoms with van der Waals surface area (Å²) in [5.41, 5.74) is 9.33. The van der Waals surface area contributed by atoms with Gasteiger partial charge in [0.15, 0.2) is 5.82 Å². The Morgan fingerprint density at radius 1 is 1.05 bits per heavy atom. The lowest BCUT2D eigenvalue weighted by Gasteiger charge is -2.08. The maximum absolute atomic E-state index is 6.23. The van der Waals surface area contributed by atoms with Gasteiger partial charge in [-0.05, 0) is 36.8 Å². The second kappa shape index (κ2) is 5.68. The molecular weight excluding hydrogens is 284 g/mol. The molecule has 3 aromatic rings. The van der Waals surface area contributed by atoms with Gasteiger partial charge in [0.1, 0.15) is 5.82 Å². The number of nitrogens with two attached hydrogens (primary N) is 1. The van der Waals surface area contributed by atoms with Crippen molar-refractivity contribution >= 4 is 11.6 Å². The molecule has 0 saturated heterocycles. The van der Waals surface area contributed by atoms with E-state index in [9.17, 15) is 0 Å². The number of benzene rings is 2. The normalized spacial score (nSPS) is 12.3. The highest BCUT2D eigenvalue weighted by atomic mass is 35.5. The topological polar surface area (TPSA) is 67.6 Å². The lowest BCUT2D eigenvalue weighted by Crippen LogP contribution is -2.13. The van der Waals surface area contributed by atoms with Gasteiger partial charge in [-0.1, -0.05) is 41.4 Å². The number of H-pyrrole nitrogens is 1. The monoisotopic (exact) mass is 298 g/mol. The van der Waals surface area contributed by atoms with Crippen molar-refractivity contribution in [2.75, 3.05) is 0 Å². The first-order chi connectivity index (χ1) is 10.1. The van der Waals surface area contributed by atoms with Crippen LogP contribution in [0.1, 0.15) is 23.0 Å². The average molecular weight is 299 g/mol. The summed E-state index contributed by atoms with van der Waals surface area (Å²) in [6.07, 6.45) is 0. The quantitative estimate of drug-likeness (QED) is 0.778. The Bertz CT molecular complexity index is 732. The van der Waals surface area contributed by atoms with Crippen LogP contribution in [0, 0.1) is 6.92 Å². The summed E-state index contributed by atoms with van der Waals surface area (Å²) >= 11 is 5.88. The van der Waals surface area contributed by atoms with Crippen LogP contribution >= 0.6 is 11.6 Å². The minimum absolute atomic E-state index is 0.320. The number of aromatic amines is 1. The molecule has 0 aliphatic carbocycles. The maximum atomic E-state index is 6.23. The van der Waals surface area contributed by atoms with Crippen molar-refractivity contribution in [2.45, 2.75) is 13.0 Å². The summed E-state index contributed by atoms with van der Waals surface area (Å²) in [6.45, 7) is 2.04. The van der Waals surface area contributed by atoms with Crippen molar-refractivity contribution in [1.82, 2.24) is 15.2 Å². The smallest absolute Gasteiger partial charge is 0.181 e. The molecule has 5 heteroatoms. The summed E-state index contributed by atoms with van der Waals surface area (Å²) in [6, 6.07) is 15.1. The van der Waals surface area contributed by atoms with E-state index >= 15 is 0 Å². The third kappa shape index (κ3) is 2.96. The summed E-state index contributed by atoms with van der Waals surface area (Å²) in [5, 5.41) is 7.82. The van der Waals surface area contributed by atoms with Gasteiger partial charge in [-0.15, -0.1) is 0 Å². The molecule has 0 radical (unpaired) electrons. The van der Waals surface area contributed by atoms with Crippen LogP contribution in [-0.4, -0.2) is 15.2 Å². The summed E-state index contributed by atoms with van der Waals surface area (Å²) in [7, 11) is 0. The molecular formula is C16H15ClN4. The van der Waals surface area contributed by atoms with Crippen LogP contribution in [0.2, 0.25) is 5.02 Å². The number of hydrogen-bond acceptors (Lipinski definition) is 3. The lowest BCUT2D eigenvalue weighted by atomic mass is 10.1. The minimum Gasteiger partial charge on any atom is -0.318 e. The van der Waals surface area contributed by atoms with Crippen LogP contribution in [0.5, 0.6) is 0 Å². The number of nitrogens with zero attached hydrogens (tertiary/aromatic N) is 2. The largest absolute Gasteiger partial charge is 0.318 e. The second-order valence-corrected chi connectivity index (χ2v) is 5.38. The molecule has 3 rings (SSSR count). The number of rotatable bonds is 3. The van der Waals surface area contributed by atoms with E-state index in [1.54, 1.807) is 0 Å². The Hall–Kier alpha value is -2.17. The lowest BCUT2D eigenvalue weighted by molar-refractivity contribution is 0.787. The van der Waals surface area contributed by atoms with E-state index in [1.807, 2.05) is 55.5 Å². The first-order valence-electron chi connectivity index (χ1n) is 6.64. The fourth-order valence-corrected chi connectivity index (χ4v) is 2.20. The third-order valence-electron chi connectivity index (χ3n) is 3.34. The van der Waals surface area contributed by atoms with Gasteiger partial charge in [0.05, 0.1) is 6.04 Å². The maximum Gasteiger partial charge on any atom is 0.181 e. The molecule has 1 unspecified atom stereocenters. The van der Waals surface area contributed by atoms with Crippen LogP contribution in [0.15, 0.2) is 48.5 Å². The van der Waals surface area contributed by atoms with E-state index in [2.05, 4.69) is 15.2 Å². The molecule has 106 valence electrons. The molecule has 0 saturated carbocycles. The van der Waals surface area contributed by atoms with Gasteiger partial charge in [0.25, 0.3) is 0 Å². The van der Waals surface area contributed by atoms with Crippen LogP contribution in [0.3, 0.4) is 0 Å². The molecule has 0 fully saturated rings. The number of nitrogens with one attached hydrogen (secondary N) is 1. The molecule has 21 heavy (non-hydrogen) atoms.